The zero-order valence-electron chi connectivity index (χ0n) is 9.92. The Labute approximate surface area is 87.2 Å². The summed E-state index contributed by atoms with van der Waals surface area (Å²) >= 11 is 0. The van der Waals surface area contributed by atoms with Gasteiger partial charge in [0.2, 0.25) is 0 Å². The Kier molecular flexibility index (Phi) is 4.68. The zero-order chi connectivity index (χ0) is 11.4. The first-order chi connectivity index (χ1) is 6.28. The first-order valence-electron chi connectivity index (χ1n) is 4.97. The van der Waals surface area contributed by atoms with E-state index in [1.165, 1.54) is 0 Å². The summed E-state index contributed by atoms with van der Waals surface area (Å²) in [4.78, 5) is 13.5. The number of hydrogen-bond donors (Lipinski definition) is 1. The minimum absolute atomic E-state index is 0.0348. The number of rotatable bonds is 3. The van der Waals surface area contributed by atoms with Crippen LogP contribution in [0.3, 0.4) is 0 Å². The van der Waals surface area contributed by atoms with Crippen LogP contribution in [0.15, 0.2) is 12.7 Å². The van der Waals surface area contributed by atoms with E-state index in [1.807, 2.05) is 34.6 Å². The van der Waals surface area contributed by atoms with Crippen LogP contribution in [0.2, 0.25) is 0 Å². The maximum absolute atomic E-state index is 11.8. The fourth-order valence-corrected chi connectivity index (χ4v) is 1.06. The molecule has 0 unspecified atom stereocenters. The van der Waals surface area contributed by atoms with Gasteiger partial charge in [-0.1, -0.05) is 6.08 Å². The second-order valence-corrected chi connectivity index (χ2v) is 4.71. The maximum Gasteiger partial charge on any atom is 0.318 e. The number of carbonyl (C=O) groups is 1. The van der Waals surface area contributed by atoms with E-state index in [0.717, 1.165) is 0 Å². The molecular weight excluding hydrogens is 176 g/mol. The highest BCUT2D eigenvalue weighted by Gasteiger charge is 2.20. The highest BCUT2D eigenvalue weighted by atomic mass is 16.2. The number of nitrogens with one attached hydrogen (secondary N) is 1. The van der Waals surface area contributed by atoms with Crippen molar-refractivity contribution < 1.29 is 4.79 Å². The van der Waals surface area contributed by atoms with Gasteiger partial charge in [0.15, 0.2) is 0 Å². The Morgan fingerprint density at radius 1 is 1.50 bits per heavy atom. The smallest absolute Gasteiger partial charge is 0.318 e. The monoisotopic (exact) mass is 198 g/mol. The molecule has 82 valence electrons. The van der Waals surface area contributed by atoms with Gasteiger partial charge in [-0.3, -0.25) is 0 Å². The van der Waals surface area contributed by atoms with Crippen LogP contribution in [-0.4, -0.2) is 29.1 Å². The van der Waals surface area contributed by atoms with Crippen molar-refractivity contribution in [1.82, 2.24) is 10.2 Å². The van der Waals surface area contributed by atoms with Gasteiger partial charge in [-0.2, -0.15) is 0 Å². The summed E-state index contributed by atoms with van der Waals surface area (Å²) in [5.74, 6) is 0. The predicted molar refractivity (Wildman–Crippen MR) is 60.3 cm³/mol. The number of amides is 2. The third-order valence-corrected chi connectivity index (χ3v) is 1.69. The molecule has 2 amide bonds. The molecule has 0 aromatic carbocycles. The second kappa shape index (κ2) is 5.03. The molecule has 0 bridgehead atoms. The lowest BCUT2D eigenvalue weighted by Gasteiger charge is -2.30. The van der Waals surface area contributed by atoms with Crippen LogP contribution in [-0.2, 0) is 0 Å². The van der Waals surface area contributed by atoms with Gasteiger partial charge in [0.1, 0.15) is 0 Å². The van der Waals surface area contributed by atoms with Crippen LogP contribution >= 0.6 is 0 Å². The van der Waals surface area contributed by atoms with Crippen LogP contribution in [0.25, 0.3) is 0 Å². The van der Waals surface area contributed by atoms with Crippen molar-refractivity contribution >= 4 is 6.03 Å². The summed E-state index contributed by atoms with van der Waals surface area (Å²) in [7, 11) is 0. The summed E-state index contributed by atoms with van der Waals surface area (Å²) < 4.78 is 0. The lowest BCUT2D eigenvalue weighted by Crippen LogP contribution is -2.50. The van der Waals surface area contributed by atoms with Crippen LogP contribution in [0, 0.1) is 0 Å². The molecular formula is C11H22N2O. The van der Waals surface area contributed by atoms with E-state index in [9.17, 15) is 4.79 Å². The van der Waals surface area contributed by atoms with Crippen molar-refractivity contribution in [1.29, 1.82) is 0 Å². The van der Waals surface area contributed by atoms with E-state index < -0.39 is 0 Å². The van der Waals surface area contributed by atoms with Crippen LogP contribution < -0.4 is 5.32 Å². The van der Waals surface area contributed by atoms with Gasteiger partial charge < -0.3 is 10.2 Å². The number of urea groups is 1. The minimum atomic E-state index is -0.189. The Balaban J connectivity index is 4.37. The molecule has 0 heterocycles. The minimum Gasteiger partial charge on any atom is -0.333 e. The molecule has 0 aliphatic heterocycles. The molecule has 0 radical (unpaired) electrons. The van der Waals surface area contributed by atoms with Crippen molar-refractivity contribution in [2.75, 3.05) is 6.54 Å². The summed E-state index contributed by atoms with van der Waals surface area (Å²) in [5.41, 5.74) is -0.189. The van der Waals surface area contributed by atoms with Gasteiger partial charge in [0.25, 0.3) is 0 Å². The molecule has 3 heteroatoms. The fourth-order valence-electron chi connectivity index (χ4n) is 1.06. The van der Waals surface area contributed by atoms with Gasteiger partial charge in [0, 0.05) is 18.1 Å². The quantitative estimate of drug-likeness (QED) is 0.694. The number of hydrogen-bond acceptors (Lipinski definition) is 1. The lowest BCUT2D eigenvalue weighted by atomic mass is 10.1. The first kappa shape index (κ1) is 13.0. The highest BCUT2D eigenvalue weighted by Crippen LogP contribution is 2.04. The van der Waals surface area contributed by atoms with Crippen molar-refractivity contribution in [2.45, 2.75) is 46.2 Å². The summed E-state index contributed by atoms with van der Waals surface area (Å²) in [5, 5.41) is 2.92. The average molecular weight is 198 g/mol. The topological polar surface area (TPSA) is 32.3 Å². The fraction of sp³-hybridized carbons (Fsp3) is 0.727. The SMILES string of the molecule is C=CCN(C(=O)NC(C)(C)C)C(C)C. The molecule has 1 N–H and O–H groups in total. The molecule has 0 spiro atoms. The summed E-state index contributed by atoms with van der Waals surface area (Å²) in [6, 6.07) is 0.155. The number of carbonyl (C=O) groups excluding carboxylic acids is 1. The molecule has 0 aromatic heterocycles. The zero-order valence-corrected chi connectivity index (χ0v) is 9.92. The molecule has 0 rings (SSSR count). The summed E-state index contributed by atoms with van der Waals surface area (Å²) in [6.45, 7) is 14.1. The molecule has 0 saturated heterocycles. The van der Waals surface area contributed by atoms with Gasteiger partial charge in [0.05, 0.1) is 0 Å². The van der Waals surface area contributed by atoms with Crippen molar-refractivity contribution in [2.24, 2.45) is 0 Å². The molecule has 0 saturated carbocycles. The molecule has 0 aliphatic rings. The van der Waals surface area contributed by atoms with Crippen LogP contribution in [0.5, 0.6) is 0 Å². The van der Waals surface area contributed by atoms with Gasteiger partial charge in [-0.25, -0.2) is 4.79 Å². The van der Waals surface area contributed by atoms with Crippen molar-refractivity contribution in [3.8, 4) is 0 Å². The van der Waals surface area contributed by atoms with E-state index in [-0.39, 0.29) is 17.6 Å². The van der Waals surface area contributed by atoms with Crippen molar-refractivity contribution in [3.63, 3.8) is 0 Å². The third kappa shape index (κ3) is 4.90. The summed E-state index contributed by atoms with van der Waals surface area (Å²) in [6.07, 6.45) is 1.74. The van der Waals surface area contributed by atoms with E-state index in [2.05, 4.69) is 11.9 Å². The Bertz CT molecular complexity index is 204. The van der Waals surface area contributed by atoms with Gasteiger partial charge in [-0.15, -0.1) is 6.58 Å². The van der Waals surface area contributed by atoms with E-state index in [1.54, 1.807) is 11.0 Å². The van der Waals surface area contributed by atoms with Crippen LogP contribution in [0.4, 0.5) is 4.79 Å². The third-order valence-electron chi connectivity index (χ3n) is 1.69. The molecule has 0 aromatic rings. The van der Waals surface area contributed by atoms with E-state index >= 15 is 0 Å². The van der Waals surface area contributed by atoms with Crippen molar-refractivity contribution in [3.05, 3.63) is 12.7 Å². The molecule has 0 atom stereocenters. The van der Waals surface area contributed by atoms with E-state index in [4.69, 9.17) is 0 Å². The van der Waals surface area contributed by atoms with Crippen LogP contribution in [0.1, 0.15) is 34.6 Å². The standard InChI is InChI=1S/C11H22N2O/c1-7-8-13(9(2)3)10(14)12-11(4,5)6/h7,9H,1,8H2,2-6H3,(H,12,14). The molecule has 3 nitrogen and oxygen atoms in total. The second-order valence-electron chi connectivity index (χ2n) is 4.71. The normalized spacial score (nSPS) is 11.3. The number of nitrogens with zero attached hydrogens (tertiary/aromatic N) is 1. The van der Waals surface area contributed by atoms with Gasteiger partial charge >= 0.3 is 6.03 Å². The highest BCUT2D eigenvalue weighted by molar-refractivity contribution is 5.75. The Morgan fingerprint density at radius 3 is 2.29 bits per heavy atom. The Morgan fingerprint density at radius 2 is 2.00 bits per heavy atom. The van der Waals surface area contributed by atoms with E-state index in [0.29, 0.717) is 6.54 Å². The molecule has 0 fully saturated rings. The Hall–Kier alpha value is -0.990. The molecule has 14 heavy (non-hydrogen) atoms. The predicted octanol–water partition coefficient (Wildman–Crippen LogP) is 2.39. The molecule has 0 aliphatic carbocycles. The largest absolute Gasteiger partial charge is 0.333 e. The average Bonchev–Trinajstić information content (AvgIpc) is 1.95. The maximum atomic E-state index is 11.8. The first-order valence-corrected chi connectivity index (χ1v) is 4.97. The van der Waals surface area contributed by atoms with Gasteiger partial charge in [-0.05, 0) is 34.6 Å². The lowest BCUT2D eigenvalue weighted by molar-refractivity contribution is 0.181.